The first kappa shape index (κ1) is 12.2. The molecule has 2 aliphatic rings. The van der Waals surface area contributed by atoms with Gasteiger partial charge in [-0.2, -0.15) is 0 Å². The van der Waals surface area contributed by atoms with Gasteiger partial charge in [-0.05, 0) is 20.3 Å². The Bertz CT molecular complexity index is 315. The molecular formula is C12H21N3O2. The molecule has 5 nitrogen and oxygen atoms in total. The summed E-state index contributed by atoms with van der Waals surface area (Å²) >= 11 is 0. The lowest BCUT2D eigenvalue weighted by Gasteiger charge is -2.39. The highest BCUT2D eigenvalue weighted by atomic mass is 16.2. The third kappa shape index (κ3) is 2.23. The molecule has 2 rings (SSSR count). The third-order valence-corrected chi connectivity index (χ3v) is 3.80. The molecule has 96 valence electrons. The summed E-state index contributed by atoms with van der Waals surface area (Å²) in [5.41, 5.74) is 0. The van der Waals surface area contributed by atoms with E-state index >= 15 is 0 Å². The maximum absolute atomic E-state index is 12.2. The minimum absolute atomic E-state index is 0.119. The Morgan fingerprint density at radius 3 is 2.71 bits per heavy atom. The van der Waals surface area contributed by atoms with Crippen molar-refractivity contribution < 1.29 is 9.59 Å². The molecule has 0 aromatic carbocycles. The number of rotatable bonds is 2. The van der Waals surface area contributed by atoms with E-state index in [1.807, 2.05) is 28.5 Å². The van der Waals surface area contributed by atoms with Crippen molar-refractivity contribution in [1.29, 1.82) is 0 Å². The number of fused-ring (bicyclic) bond motifs is 1. The normalized spacial score (nSPS) is 23.9. The Hall–Kier alpha value is -1.26. The molecule has 1 unspecified atom stereocenters. The second-order valence-corrected chi connectivity index (χ2v) is 4.68. The predicted octanol–water partition coefficient (Wildman–Crippen LogP) is 0.755. The molecule has 0 N–H and O–H groups in total. The number of hydrogen-bond acceptors (Lipinski definition) is 2. The number of carbonyl (C=O) groups is 2. The van der Waals surface area contributed by atoms with Gasteiger partial charge in [0.1, 0.15) is 0 Å². The van der Waals surface area contributed by atoms with Crippen molar-refractivity contribution in [3.8, 4) is 0 Å². The van der Waals surface area contributed by atoms with E-state index in [-0.39, 0.29) is 18.0 Å². The third-order valence-electron chi connectivity index (χ3n) is 3.80. The van der Waals surface area contributed by atoms with Crippen LogP contribution >= 0.6 is 0 Å². The van der Waals surface area contributed by atoms with Crippen molar-refractivity contribution >= 4 is 11.9 Å². The van der Waals surface area contributed by atoms with Crippen LogP contribution in [0.1, 0.15) is 26.7 Å². The van der Waals surface area contributed by atoms with Gasteiger partial charge in [0.05, 0.1) is 0 Å². The average molecular weight is 239 g/mol. The number of nitrogens with zero attached hydrogens (tertiary/aromatic N) is 3. The highest BCUT2D eigenvalue weighted by Crippen LogP contribution is 2.23. The quantitative estimate of drug-likeness (QED) is 0.714. The molecule has 0 spiro atoms. The zero-order valence-corrected chi connectivity index (χ0v) is 10.7. The van der Waals surface area contributed by atoms with Crippen LogP contribution in [0.3, 0.4) is 0 Å². The van der Waals surface area contributed by atoms with Gasteiger partial charge in [-0.1, -0.05) is 0 Å². The number of amides is 3. The van der Waals surface area contributed by atoms with Gasteiger partial charge in [0.25, 0.3) is 0 Å². The van der Waals surface area contributed by atoms with E-state index in [2.05, 4.69) is 0 Å². The maximum Gasteiger partial charge on any atom is 0.320 e. The first-order valence-corrected chi connectivity index (χ1v) is 6.50. The first-order chi connectivity index (χ1) is 8.17. The van der Waals surface area contributed by atoms with Crippen molar-refractivity contribution in [2.24, 2.45) is 0 Å². The van der Waals surface area contributed by atoms with Crippen LogP contribution < -0.4 is 0 Å². The van der Waals surface area contributed by atoms with E-state index in [4.69, 9.17) is 0 Å². The van der Waals surface area contributed by atoms with E-state index in [0.717, 1.165) is 19.5 Å². The molecule has 0 aromatic heterocycles. The molecule has 0 aliphatic carbocycles. The van der Waals surface area contributed by atoms with Gasteiger partial charge in [0.15, 0.2) is 0 Å². The van der Waals surface area contributed by atoms with Gasteiger partial charge >= 0.3 is 6.03 Å². The predicted molar refractivity (Wildman–Crippen MR) is 64.6 cm³/mol. The summed E-state index contributed by atoms with van der Waals surface area (Å²) in [7, 11) is 0. The Morgan fingerprint density at radius 2 is 2.06 bits per heavy atom. The highest BCUT2D eigenvalue weighted by molar-refractivity contribution is 5.80. The molecule has 0 aromatic rings. The second-order valence-electron chi connectivity index (χ2n) is 4.68. The zero-order valence-electron chi connectivity index (χ0n) is 10.7. The van der Waals surface area contributed by atoms with E-state index in [9.17, 15) is 9.59 Å². The van der Waals surface area contributed by atoms with Crippen LogP contribution in [0, 0.1) is 0 Å². The number of carbonyl (C=O) groups excluding carboxylic acids is 2. The molecule has 2 heterocycles. The molecule has 0 saturated carbocycles. The SMILES string of the molecule is CCN(CC)C(=O)N1CCN2C(=O)CCC2C1. The van der Waals surface area contributed by atoms with Gasteiger partial charge in [-0.15, -0.1) is 0 Å². The molecule has 0 radical (unpaired) electrons. The fourth-order valence-corrected chi connectivity index (χ4v) is 2.73. The topological polar surface area (TPSA) is 43.9 Å². The van der Waals surface area contributed by atoms with Crippen molar-refractivity contribution in [3.05, 3.63) is 0 Å². The summed E-state index contributed by atoms with van der Waals surface area (Å²) in [4.78, 5) is 29.4. The zero-order chi connectivity index (χ0) is 12.4. The average Bonchev–Trinajstić information content (AvgIpc) is 2.72. The molecular weight excluding hydrogens is 218 g/mol. The van der Waals surface area contributed by atoms with Crippen molar-refractivity contribution in [2.45, 2.75) is 32.7 Å². The lowest BCUT2D eigenvalue weighted by Crippen LogP contribution is -2.56. The maximum atomic E-state index is 12.2. The fraction of sp³-hybridized carbons (Fsp3) is 0.833. The van der Waals surface area contributed by atoms with Crippen LogP contribution in [0.5, 0.6) is 0 Å². The molecule has 0 bridgehead atoms. The van der Waals surface area contributed by atoms with Crippen LogP contribution in [0.15, 0.2) is 0 Å². The van der Waals surface area contributed by atoms with Gasteiger partial charge < -0.3 is 14.7 Å². The summed E-state index contributed by atoms with van der Waals surface area (Å²) in [5.74, 6) is 0.255. The van der Waals surface area contributed by atoms with Gasteiger partial charge in [-0.25, -0.2) is 4.79 Å². The Balaban J connectivity index is 1.97. The fourth-order valence-electron chi connectivity index (χ4n) is 2.73. The summed E-state index contributed by atoms with van der Waals surface area (Å²) in [6.45, 7) is 7.58. The van der Waals surface area contributed by atoms with Gasteiger partial charge in [0, 0.05) is 45.2 Å². The molecule has 2 saturated heterocycles. The van der Waals surface area contributed by atoms with Crippen LogP contribution in [0.2, 0.25) is 0 Å². The van der Waals surface area contributed by atoms with Crippen LogP contribution in [0.25, 0.3) is 0 Å². The second kappa shape index (κ2) is 4.94. The van der Waals surface area contributed by atoms with Crippen LogP contribution in [-0.2, 0) is 4.79 Å². The van der Waals surface area contributed by atoms with Crippen LogP contribution in [0.4, 0.5) is 4.79 Å². The lowest BCUT2D eigenvalue weighted by atomic mass is 10.1. The van der Waals surface area contributed by atoms with E-state index in [0.29, 0.717) is 26.1 Å². The van der Waals surface area contributed by atoms with E-state index in [1.54, 1.807) is 0 Å². The summed E-state index contributed by atoms with van der Waals surface area (Å²) in [5, 5.41) is 0. The first-order valence-electron chi connectivity index (χ1n) is 6.50. The smallest absolute Gasteiger partial charge is 0.320 e. The highest BCUT2D eigenvalue weighted by Gasteiger charge is 2.37. The van der Waals surface area contributed by atoms with Crippen LogP contribution in [-0.4, -0.2) is 65.4 Å². The minimum atomic E-state index is 0.119. The molecule has 5 heteroatoms. The Labute approximate surface area is 102 Å². The number of urea groups is 1. The lowest BCUT2D eigenvalue weighted by molar-refractivity contribution is -0.130. The van der Waals surface area contributed by atoms with E-state index < -0.39 is 0 Å². The monoisotopic (exact) mass is 239 g/mol. The van der Waals surface area contributed by atoms with Crippen molar-refractivity contribution in [1.82, 2.24) is 14.7 Å². The molecule has 2 aliphatic heterocycles. The Kier molecular flexibility index (Phi) is 3.54. The number of hydrogen-bond donors (Lipinski definition) is 0. The standard InChI is InChI=1S/C12H21N3O2/c1-3-13(4-2)12(17)14-7-8-15-10(9-14)5-6-11(15)16/h10H,3-9H2,1-2H3. The van der Waals surface area contributed by atoms with Crippen molar-refractivity contribution in [2.75, 3.05) is 32.7 Å². The minimum Gasteiger partial charge on any atom is -0.336 e. The van der Waals surface area contributed by atoms with Crippen molar-refractivity contribution in [3.63, 3.8) is 0 Å². The Morgan fingerprint density at radius 1 is 1.35 bits per heavy atom. The molecule has 1 atom stereocenters. The molecule has 2 fully saturated rings. The number of piperazine rings is 1. The van der Waals surface area contributed by atoms with Gasteiger partial charge in [0.2, 0.25) is 5.91 Å². The molecule has 17 heavy (non-hydrogen) atoms. The largest absolute Gasteiger partial charge is 0.336 e. The summed E-state index contributed by atoms with van der Waals surface area (Å²) in [6, 6.07) is 0.379. The van der Waals surface area contributed by atoms with E-state index in [1.165, 1.54) is 0 Å². The summed E-state index contributed by atoms with van der Waals surface area (Å²) in [6.07, 6.45) is 1.55. The molecule has 3 amide bonds. The van der Waals surface area contributed by atoms with Gasteiger partial charge in [-0.3, -0.25) is 4.79 Å². The summed E-state index contributed by atoms with van der Waals surface area (Å²) < 4.78 is 0.